The average Bonchev–Trinajstić information content (AvgIpc) is 2.40. The van der Waals surface area contributed by atoms with Crippen LogP contribution in [0.3, 0.4) is 0 Å². The highest BCUT2D eigenvalue weighted by atomic mass is 35.5. The summed E-state index contributed by atoms with van der Waals surface area (Å²) in [7, 11) is -1.05. The molecule has 18 heavy (non-hydrogen) atoms. The van der Waals surface area contributed by atoms with E-state index in [-0.39, 0.29) is 0 Å². The van der Waals surface area contributed by atoms with Crippen molar-refractivity contribution in [1.82, 2.24) is 0 Å². The van der Waals surface area contributed by atoms with Gasteiger partial charge in [-0.3, -0.25) is 4.21 Å². The summed E-state index contributed by atoms with van der Waals surface area (Å²) in [6, 6.07) is 17.3. The van der Waals surface area contributed by atoms with Crippen LogP contribution in [0.25, 0.3) is 6.08 Å². The fraction of sp³-hybridized carbons (Fsp3) is 0.0667. The number of rotatable bonds is 4. The third-order valence-corrected chi connectivity index (χ3v) is 3.87. The summed E-state index contributed by atoms with van der Waals surface area (Å²) in [6.07, 6.45) is 1.87. The molecule has 0 aliphatic carbocycles. The molecule has 2 aromatic rings. The lowest BCUT2D eigenvalue weighted by Crippen LogP contribution is -1.92. The lowest BCUT2D eigenvalue weighted by atomic mass is 10.2. The van der Waals surface area contributed by atoms with Gasteiger partial charge in [-0.15, -0.1) is 0 Å². The highest BCUT2D eigenvalue weighted by Gasteiger charge is 2.02. The van der Waals surface area contributed by atoms with Gasteiger partial charge in [0.25, 0.3) is 0 Å². The van der Waals surface area contributed by atoms with Gasteiger partial charge in [-0.25, -0.2) is 0 Å². The second kappa shape index (κ2) is 6.53. The lowest BCUT2D eigenvalue weighted by Gasteiger charge is -2.00. The first kappa shape index (κ1) is 13.1. The van der Waals surface area contributed by atoms with Crippen molar-refractivity contribution in [2.45, 2.75) is 5.75 Å². The van der Waals surface area contributed by atoms with Crippen LogP contribution in [0.4, 0.5) is 0 Å². The summed E-state index contributed by atoms with van der Waals surface area (Å²) in [4.78, 5) is 0. The minimum Gasteiger partial charge on any atom is -0.255 e. The second-order valence-electron chi connectivity index (χ2n) is 3.83. The molecule has 0 radical (unpaired) electrons. The zero-order valence-electron chi connectivity index (χ0n) is 9.75. The maximum absolute atomic E-state index is 11.9. The molecule has 0 N–H and O–H groups in total. The van der Waals surface area contributed by atoms with Crippen molar-refractivity contribution in [3.8, 4) is 0 Å². The fourth-order valence-corrected chi connectivity index (χ4v) is 2.78. The largest absolute Gasteiger partial charge is 0.255 e. The molecule has 0 heterocycles. The van der Waals surface area contributed by atoms with Gasteiger partial charge >= 0.3 is 0 Å². The number of hydrogen-bond acceptors (Lipinski definition) is 1. The Hall–Kier alpha value is -1.38. The predicted octanol–water partition coefficient (Wildman–Crippen LogP) is 4.26. The van der Waals surface area contributed by atoms with Crippen LogP contribution in [-0.2, 0) is 16.6 Å². The second-order valence-corrected chi connectivity index (χ2v) is 5.56. The van der Waals surface area contributed by atoms with E-state index in [4.69, 9.17) is 11.6 Å². The van der Waals surface area contributed by atoms with Crippen molar-refractivity contribution < 1.29 is 4.21 Å². The molecule has 3 heteroatoms. The standard InChI is InChI=1S/C15H13ClOS/c16-15-9-5-4-8-14(15)12-18(17)11-10-13-6-2-1-3-7-13/h1-11H,12H2/b11-10-. The summed E-state index contributed by atoms with van der Waals surface area (Å²) >= 11 is 6.03. The number of benzene rings is 2. The third kappa shape index (κ3) is 3.83. The smallest absolute Gasteiger partial charge is 0.0541 e. The van der Waals surface area contributed by atoms with Crippen molar-refractivity contribution in [2.24, 2.45) is 0 Å². The highest BCUT2D eigenvalue weighted by Crippen LogP contribution is 2.17. The van der Waals surface area contributed by atoms with Crippen molar-refractivity contribution in [2.75, 3.05) is 0 Å². The maximum atomic E-state index is 11.9. The Bertz CT molecular complexity index is 564. The summed E-state index contributed by atoms with van der Waals surface area (Å²) in [5.74, 6) is 0.447. The molecule has 92 valence electrons. The first-order valence-corrected chi connectivity index (χ1v) is 7.35. The van der Waals surface area contributed by atoms with E-state index in [9.17, 15) is 4.21 Å². The van der Waals surface area contributed by atoms with Gasteiger partial charge in [0.1, 0.15) is 0 Å². The molecule has 0 aliphatic rings. The molecule has 2 aromatic carbocycles. The fourth-order valence-electron chi connectivity index (χ4n) is 1.54. The van der Waals surface area contributed by atoms with Gasteiger partial charge in [-0.1, -0.05) is 60.1 Å². The van der Waals surface area contributed by atoms with E-state index in [2.05, 4.69) is 0 Å². The summed E-state index contributed by atoms with van der Waals surface area (Å²) in [6.45, 7) is 0. The predicted molar refractivity (Wildman–Crippen MR) is 78.8 cm³/mol. The van der Waals surface area contributed by atoms with Crippen LogP contribution in [0.2, 0.25) is 5.02 Å². The van der Waals surface area contributed by atoms with E-state index >= 15 is 0 Å². The van der Waals surface area contributed by atoms with E-state index in [1.165, 1.54) is 0 Å². The van der Waals surface area contributed by atoms with Crippen LogP contribution in [-0.4, -0.2) is 4.21 Å². The van der Waals surface area contributed by atoms with E-state index in [0.29, 0.717) is 10.8 Å². The molecule has 2 rings (SSSR count). The zero-order chi connectivity index (χ0) is 12.8. The lowest BCUT2D eigenvalue weighted by molar-refractivity contribution is 0.688. The molecule has 1 nitrogen and oxygen atoms in total. The van der Waals surface area contributed by atoms with Crippen molar-refractivity contribution in [1.29, 1.82) is 0 Å². The van der Waals surface area contributed by atoms with Crippen LogP contribution in [0, 0.1) is 0 Å². The molecule has 1 unspecified atom stereocenters. The number of halogens is 1. The van der Waals surface area contributed by atoms with Gasteiger partial charge in [0.15, 0.2) is 0 Å². The first-order valence-electron chi connectivity index (χ1n) is 5.59. The van der Waals surface area contributed by atoms with Crippen molar-refractivity contribution in [3.63, 3.8) is 0 Å². The Labute approximate surface area is 115 Å². The molecule has 0 saturated heterocycles. The van der Waals surface area contributed by atoms with Crippen LogP contribution in [0.1, 0.15) is 11.1 Å². The molecule has 0 saturated carbocycles. The molecular formula is C15H13ClOS. The van der Waals surface area contributed by atoms with Crippen molar-refractivity contribution >= 4 is 28.5 Å². The monoisotopic (exact) mass is 276 g/mol. The maximum Gasteiger partial charge on any atom is 0.0541 e. The van der Waals surface area contributed by atoms with Crippen LogP contribution >= 0.6 is 11.6 Å². The molecular weight excluding hydrogens is 264 g/mol. The Morgan fingerprint density at radius 2 is 1.67 bits per heavy atom. The normalized spacial score (nSPS) is 12.7. The van der Waals surface area contributed by atoms with Crippen LogP contribution in [0.5, 0.6) is 0 Å². The average molecular weight is 277 g/mol. The van der Waals surface area contributed by atoms with E-state index in [0.717, 1.165) is 11.1 Å². The van der Waals surface area contributed by atoms with E-state index in [1.54, 1.807) is 5.41 Å². The van der Waals surface area contributed by atoms with Gasteiger partial charge in [0.2, 0.25) is 0 Å². The topological polar surface area (TPSA) is 17.1 Å². The van der Waals surface area contributed by atoms with E-state index in [1.807, 2.05) is 60.7 Å². The Morgan fingerprint density at radius 3 is 2.39 bits per heavy atom. The van der Waals surface area contributed by atoms with Gasteiger partial charge in [0, 0.05) is 10.4 Å². The Balaban J connectivity index is 2.02. The zero-order valence-corrected chi connectivity index (χ0v) is 11.3. The molecule has 0 aromatic heterocycles. The molecule has 1 atom stereocenters. The first-order chi connectivity index (χ1) is 8.75. The summed E-state index contributed by atoms with van der Waals surface area (Å²) < 4.78 is 11.9. The number of hydrogen-bond donors (Lipinski definition) is 0. The molecule has 0 amide bonds. The third-order valence-electron chi connectivity index (χ3n) is 2.47. The molecule has 0 fully saturated rings. The molecule has 0 bridgehead atoms. The Morgan fingerprint density at radius 1 is 1.00 bits per heavy atom. The quantitative estimate of drug-likeness (QED) is 0.815. The molecule has 0 aliphatic heterocycles. The van der Waals surface area contributed by atoms with Crippen molar-refractivity contribution in [3.05, 3.63) is 76.2 Å². The SMILES string of the molecule is O=S(/C=C\c1ccccc1)Cc1ccccc1Cl. The summed E-state index contributed by atoms with van der Waals surface area (Å²) in [5, 5.41) is 2.37. The van der Waals surface area contributed by atoms with Gasteiger partial charge in [-0.05, 0) is 23.3 Å². The van der Waals surface area contributed by atoms with E-state index < -0.39 is 10.8 Å². The molecule has 0 spiro atoms. The van der Waals surface area contributed by atoms with Gasteiger partial charge in [0.05, 0.1) is 16.6 Å². The van der Waals surface area contributed by atoms with Gasteiger partial charge < -0.3 is 0 Å². The van der Waals surface area contributed by atoms with Gasteiger partial charge in [-0.2, -0.15) is 0 Å². The van der Waals surface area contributed by atoms with Crippen LogP contribution in [0.15, 0.2) is 60.0 Å². The van der Waals surface area contributed by atoms with Crippen LogP contribution < -0.4 is 0 Å². The Kier molecular flexibility index (Phi) is 4.73. The minimum absolute atomic E-state index is 0.447. The minimum atomic E-state index is -1.05. The summed E-state index contributed by atoms with van der Waals surface area (Å²) in [5.41, 5.74) is 1.96. The highest BCUT2D eigenvalue weighted by molar-refractivity contribution is 7.87.